The van der Waals surface area contributed by atoms with Crippen molar-refractivity contribution in [1.29, 1.82) is 0 Å². The summed E-state index contributed by atoms with van der Waals surface area (Å²) < 4.78 is 0. The Morgan fingerprint density at radius 3 is 2.19 bits per heavy atom. The van der Waals surface area contributed by atoms with E-state index in [1.54, 1.807) is 0 Å². The fourth-order valence-electron chi connectivity index (χ4n) is 4.01. The quantitative estimate of drug-likeness (QED) is 0.453. The summed E-state index contributed by atoms with van der Waals surface area (Å²) in [5, 5.41) is 0. The third-order valence-corrected chi connectivity index (χ3v) is 5.60. The predicted molar refractivity (Wildman–Crippen MR) is 118 cm³/mol. The van der Waals surface area contributed by atoms with Gasteiger partial charge < -0.3 is 0 Å². The van der Waals surface area contributed by atoms with Crippen LogP contribution in [0.4, 0.5) is 0 Å². The zero-order valence-electron chi connectivity index (χ0n) is 16.4. The average Bonchev–Trinajstić information content (AvgIpc) is 2.69. The summed E-state index contributed by atoms with van der Waals surface area (Å²) in [5.74, 6) is 0. The summed E-state index contributed by atoms with van der Waals surface area (Å²) in [4.78, 5) is 0. The highest BCUT2D eigenvalue weighted by Crippen LogP contribution is 2.33. The first-order valence-electron chi connectivity index (χ1n) is 9.77. The molecule has 0 saturated carbocycles. The van der Waals surface area contributed by atoms with Gasteiger partial charge in [0.2, 0.25) is 0 Å². The van der Waals surface area contributed by atoms with Crippen LogP contribution in [0.15, 0.2) is 84.5 Å². The van der Waals surface area contributed by atoms with Gasteiger partial charge in [-0.3, -0.25) is 0 Å². The average molecular weight is 351 g/mol. The maximum absolute atomic E-state index is 2.33. The summed E-state index contributed by atoms with van der Waals surface area (Å²) in [5.41, 5.74) is 12.1. The highest BCUT2D eigenvalue weighted by atomic mass is 14.2. The molecule has 0 atom stereocenters. The molecule has 0 N–H and O–H groups in total. The van der Waals surface area contributed by atoms with E-state index in [4.69, 9.17) is 0 Å². The fourth-order valence-corrected chi connectivity index (χ4v) is 4.01. The van der Waals surface area contributed by atoms with Gasteiger partial charge in [0.05, 0.1) is 0 Å². The summed E-state index contributed by atoms with van der Waals surface area (Å²) in [6.45, 7) is 6.67. The van der Waals surface area contributed by atoms with Crippen molar-refractivity contribution in [3.63, 3.8) is 0 Å². The zero-order valence-corrected chi connectivity index (χ0v) is 16.4. The molecule has 0 spiro atoms. The van der Waals surface area contributed by atoms with Gasteiger partial charge >= 0.3 is 0 Å². The van der Waals surface area contributed by atoms with Crippen LogP contribution in [0.1, 0.15) is 36.5 Å². The van der Waals surface area contributed by atoms with Crippen LogP contribution in [0, 0.1) is 13.8 Å². The molecule has 3 aromatic carbocycles. The minimum absolute atomic E-state index is 1.16. The lowest BCUT2D eigenvalue weighted by molar-refractivity contribution is 0.967. The standard InChI is InChI=1S/C27H26/c1-19-9-4-6-13-25(19)24-12-8-11-22(18-24)23-15-16-27(21(3)17-23)26-14-7-5-10-20(26)2/h4,6-9,11-18H,5,10H2,1-3H3. The molecule has 134 valence electrons. The van der Waals surface area contributed by atoms with Gasteiger partial charge in [-0.2, -0.15) is 0 Å². The Bertz CT molecular complexity index is 1050. The maximum atomic E-state index is 2.33. The minimum atomic E-state index is 1.16. The van der Waals surface area contributed by atoms with E-state index in [-0.39, 0.29) is 0 Å². The second kappa shape index (κ2) is 7.40. The molecule has 4 rings (SSSR count). The van der Waals surface area contributed by atoms with Crippen LogP contribution in [0.3, 0.4) is 0 Å². The summed E-state index contributed by atoms with van der Waals surface area (Å²) in [7, 11) is 0. The van der Waals surface area contributed by atoms with Gasteiger partial charge in [-0.25, -0.2) is 0 Å². The molecule has 0 aliphatic heterocycles. The first kappa shape index (κ1) is 17.5. The third-order valence-electron chi connectivity index (χ3n) is 5.60. The molecule has 0 unspecified atom stereocenters. The molecular formula is C27H26. The molecule has 27 heavy (non-hydrogen) atoms. The van der Waals surface area contributed by atoms with Gasteiger partial charge in [0.1, 0.15) is 0 Å². The van der Waals surface area contributed by atoms with Gasteiger partial charge in [-0.05, 0) is 84.2 Å². The van der Waals surface area contributed by atoms with Crippen molar-refractivity contribution in [2.75, 3.05) is 0 Å². The molecule has 0 fully saturated rings. The van der Waals surface area contributed by atoms with E-state index in [0.717, 1.165) is 6.42 Å². The van der Waals surface area contributed by atoms with Crippen LogP contribution in [0.25, 0.3) is 27.8 Å². The number of allylic oxidation sites excluding steroid dienone is 4. The van der Waals surface area contributed by atoms with E-state index in [9.17, 15) is 0 Å². The maximum Gasteiger partial charge on any atom is -0.0155 e. The Labute approximate surface area is 162 Å². The smallest absolute Gasteiger partial charge is 0.0155 e. The Morgan fingerprint density at radius 2 is 1.41 bits per heavy atom. The number of hydrogen-bond acceptors (Lipinski definition) is 0. The third kappa shape index (κ3) is 3.53. The molecule has 0 amide bonds. The van der Waals surface area contributed by atoms with E-state index in [1.807, 2.05) is 0 Å². The number of aryl methyl sites for hydroxylation is 2. The number of benzene rings is 3. The molecule has 0 bridgehead atoms. The molecule has 0 nitrogen and oxygen atoms in total. The lowest BCUT2D eigenvalue weighted by Gasteiger charge is -2.16. The van der Waals surface area contributed by atoms with Crippen LogP contribution in [-0.2, 0) is 0 Å². The van der Waals surface area contributed by atoms with Gasteiger partial charge in [-0.1, -0.05) is 78.4 Å². The van der Waals surface area contributed by atoms with Crippen molar-refractivity contribution in [2.24, 2.45) is 0 Å². The lowest BCUT2D eigenvalue weighted by atomic mass is 9.89. The Hall–Kier alpha value is -2.86. The molecule has 1 aliphatic rings. The van der Waals surface area contributed by atoms with E-state index >= 15 is 0 Å². The second-order valence-corrected chi connectivity index (χ2v) is 7.56. The highest BCUT2D eigenvalue weighted by Gasteiger charge is 2.11. The van der Waals surface area contributed by atoms with Crippen molar-refractivity contribution in [2.45, 2.75) is 33.6 Å². The largest absolute Gasteiger partial charge is 0.0836 e. The van der Waals surface area contributed by atoms with Crippen molar-refractivity contribution < 1.29 is 0 Å². The fraction of sp³-hybridized carbons (Fsp3) is 0.185. The van der Waals surface area contributed by atoms with Gasteiger partial charge in [0, 0.05) is 0 Å². The van der Waals surface area contributed by atoms with E-state index in [2.05, 4.69) is 99.7 Å². The summed E-state index contributed by atoms with van der Waals surface area (Å²) in [6, 6.07) is 24.4. The van der Waals surface area contributed by atoms with Crippen LogP contribution in [-0.4, -0.2) is 0 Å². The second-order valence-electron chi connectivity index (χ2n) is 7.56. The molecule has 0 heteroatoms. The van der Waals surface area contributed by atoms with Gasteiger partial charge in [0.15, 0.2) is 0 Å². The first-order valence-corrected chi connectivity index (χ1v) is 9.77. The monoisotopic (exact) mass is 350 g/mol. The first-order chi connectivity index (χ1) is 13.1. The Morgan fingerprint density at radius 1 is 0.630 bits per heavy atom. The molecule has 1 aliphatic carbocycles. The highest BCUT2D eigenvalue weighted by molar-refractivity contribution is 5.81. The van der Waals surface area contributed by atoms with Crippen molar-refractivity contribution in [3.8, 4) is 22.3 Å². The van der Waals surface area contributed by atoms with Crippen molar-refractivity contribution in [3.05, 3.63) is 101 Å². The molecule has 0 heterocycles. The molecule has 3 aromatic rings. The summed E-state index contributed by atoms with van der Waals surface area (Å²) >= 11 is 0. The van der Waals surface area contributed by atoms with Gasteiger partial charge in [0.25, 0.3) is 0 Å². The molecule has 0 saturated heterocycles. The molecule has 0 radical (unpaired) electrons. The van der Waals surface area contributed by atoms with Crippen molar-refractivity contribution >= 4 is 5.57 Å². The lowest BCUT2D eigenvalue weighted by Crippen LogP contribution is -1.95. The zero-order chi connectivity index (χ0) is 18.8. The minimum Gasteiger partial charge on any atom is -0.0836 e. The van der Waals surface area contributed by atoms with Crippen LogP contribution < -0.4 is 0 Å². The molecular weight excluding hydrogens is 324 g/mol. The Kier molecular flexibility index (Phi) is 4.81. The van der Waals surface area contributed by atoms with Crippen molar-refractivity contribution in [1.82, 2.24) is 0 Å². The summed E-state index contributed by atoms with van der Waals surface area (Å²) in [6.07, 6.45) is 6.92. The molecule has 0 aromatic heterocycles. The SMILES string of the molecule is CC1=C(c2ccc(-c3cccc(-c4ccccc4C)c3)cc2C)C=CCC1. The van der Waals surface area contributed by atoms with E-state index in [1.165, 1.54) is 56.5 Å². The number of hydrogen-bond donors (Lipinski definition) is 0. The number of rotatable bonds is 3. The normalized spacial score (nSPS) is 13.9. The van der Waals surface area contributed by atoms with Crippen LogP contribution in [0.5, 0.6) is 0 Å². The van der Waals surface area contributed by atoms with Gasteiger partial charge in [-0.15, -0.1) is 0 Å². The van der Waals surface area contributed by atoms with E-state index in [0.29, 0.717) is 0 Å². The topological polar surface area (TPSA) is 0 Å². The van der Waals surface area contributed by atoms with E-state index < -0.39 is 0 Å². The van der Waals surface area contributed by atoms with Crippen LogP contribution >= 0.6 is 0 Å². The van der Waals surface area contributed by atoms with Crippen LogP contribution in [0.2, 0.25) is 0 Å². The predicted octanol–water partition coefficient (Wildman–Crippen LogP) is 7.76. The Balaban J connectivity index is 1.73.